The van der Waals surface area contributed by atoms with Crippen LogP contribution in [0.25, 0.3) is 16.1 Å². The lowest BCUT2D eigenvalue weighted by Crippen LogP contribution is -2.30. The quantitative estimate of drug-likeness (QED) is 0.288. The molecule has 0 saturated heterocycles. The third kappa shape index (κ3) is 5.98. The van der Waals surface area contributed by atoms with Gasteiger partial charge >= 0.3 is 0 Å². The van der Waals surface area contributed by atoms with Gasteiger partial charge in [0.1, 0.15) is 21.8 Å². The van der Waals surface area contributed by atoms with Crippen LogP contribution in [-0.2, 0) is 21.2 Å². The second-order valence-corrected chi connectivity index (χ2v) is 10.9. The zero-order chi connectivity index (χ0) is 24.9. The van der Waals surface area contributed by atoms with Crippen LogP contribution in [0.5, 0.6) is 0 Å². The van der Waals surface area contributed by atoms with Crippen molar-refractivity contribution in [3.05, 3.63) is 64.4 Å². The maximum Gasteiger partial charge on any atom is 0.214 e. The Balaban J connectivity index is 1.89. The lowest BCUT2D eigenvalue weighted by molar-refractivity contribution is 0.157. The molecule has 2 N–H and O–H groups in total. The van der Waals surface area contributed by atoms with Crippen molar-refractivity contribution < 1.29 is 18.3 Å². The Kier molecular flexibility index (Phi) is 8.38. The van der Waals surface area contributed by atoms with Crippen molar-refractivity contribution in [3.8, 4) is 16.6 Å². The fourth-order valence-electron chi connectivity index (χ4n) is 3.77. The Bertz CT molecular complexity index is 1270. The van der Waals surface area contributed by atoms with E-state index < -0.39 is 16.6 Å². The number of rotatable bonds is 10. The number of sulfonamides is 1. The summed E-state index contributed by atoms with van der Waals surface area (Å²) in [4.78, 5) is 0. The van der Waals surface area contributed by atoms with Crippen LogP contribution >= 0.6 is 11.3 Å². The van der Waals surface area contributed by atoms with Crippen LogP contribution in [0.3, 0.4) is 0 Å². The van der Waals surface area contributed by atoms with E-state index >= 15 is 0 Å². The number of hydrogen-bond donors (Lipinski definition) is 2. The highest BCUT2D eigenvalue weighted by molar-refractivity contribution is 7.89. The summed E-state index contributed by atoms with van der Waals surface area (Å²) in [6.45, 7) is 9.02. The highest BCUT2D eigenvalue weighted by Crippen LogP contribution is 2.39. The molecule has 1 aromatic heterocycles. The summed E-state index contributed by atoms with van der Waals surface area (Å²) < 4.78 is 32.5. The number of aliphatic hydroxyl groups excluding tert-OH is 1. The highest BCUT2D eigenvalue weighted by Gasteiger charge is 2.29. The van der Waals surface area contributed by atoms with E-state index in [1.54, 1.807) is 6.08 Å². The number of nitrogens with one attached hydrogen (secondary N) is 1. The standard InChI is InChI=1S/C24H28N4O4S2/c1-5-17(13-18(14-25)16(4)32-15(2)3)23-26-27-24(33-23)21-8-6-7-20-19(21)9-10-22(20)28-34(30,31)12-11-29/h5-8,13,15,22,28-29H,4,9-12H2,1-3H3/b17-5+,18-13-/t22-/m0/s1. The van der Waals surface area contributed by atoms with E-state index in [0.29, 0.717) is 34.2 Å². The van der Waals surface area contributed by atoms with Crippen LogP contribution < -0.4 is 4.72 Å². The minimum atomic E-state index is -3.56. The number of aromatic nitrogens is 2. The van der Waals surface area contributed by atoms with Crippen molar-refractivity contribution in [2.45, 2.75) is 45.8 Å². The first-order chi connectivity index (χ1) is 16.2. The first kappa shape index (κ1) is 25.8. The predicted molar refractivity (Wildman–Crippen MR) is 133 cm³/mol. The monoisotopic (exact) mass is 500 g/mol. The number of fused-ring (bicyclic) bond motifs is 1. The van der Waals surface area contributed by atoms with Gasteiger partial charge in [-0.1, -0.05) is 42.2 Å². The zero-order valence-electron chi connectivity index (χ0n) is 19.4. The van der Waals surface area contributed by atoms with E-state index in [1.165, 1.54) is 11.3 Å². The topological polar surface area (TPSA) is 125 Å². The van der Waals surface area contributed by atoms with Crippen LogP contribution in [0.15, 0.2) is 48.3 Å². The molecule has 34 heavy (non-hydrogen) atoms. The molecular weight excluding hydrogens is 472 g/mol. The number of nitrogens with zero attached hydrogens (tertiary/aromatic N) is 3. The Morgan fingerprint density at radius 1 is 1.44 bits per heavy atom. The van der Waals surface area contributed by atoms with E-state index in [-0.39, 0.29) is 17.9 Å². The molecule has 0 spiro atoms. The lowest BCUT2D eigenvalue weighted by Gasteiger charge is -2.14. The molecule has 0 fully saturated rings. The molecule has 1 heterocycles. The van der Waals surface area contributed by atoms with Crippen LogP contribution in [0.4, 0.5) is 0 Å². The number of hydrogen-bond acceptors (Lipinski definition) is 8. The van der Waals surface area contributed by atoms with Crippen LogP contribution in [0.1, 0.15) is 49.4 Å². The van der Waals surface area contributed by atoms with Crippen LogP contribution in [-0.4, -0.2) is 42.2 Å². The summed E-state index contributed by atoms with van der Waals surface area (Å²) in [5.41, 5.74) is 3.91. The van der Waals surface area contributed by atoms with Gasteiger partial charge in [-0.25, -0.2) is 13.1 Å². The van der Waals surface area contributed by atoms with Crippen molar-refractivity contribution in [3.63, 3.8) is 0 Å². The number of allylic oxidation sites excluding steroid dienone is 4. The van der Waals surface area contributed by atoms with Gasteiger partial charge in [0.15, 0.2) is 0 Å². The summed E-state index contributed by atoms with van der Waals surface area (Å²) in [5, 5.41) is 28.6. The van der Waals surface area contributed by atoms with Gasteiger partial charge in [-0.15, -0.1) is 10.2 Å². The van der Waals surface area contributed by atoms with E-state index in [9.17, 15) is 13.7 Å². The number of benzene rings is 1. The van der Waals surface area contributed by atoms with Gasteiger partial charge in [0.25, 0.3) is 0 Å². The summed E-state index contributed by atoms with van der Waals surface area (Å²) in [6.07, 6.45) is 4.79. The fraction of sp³-hybridized carbons (Fsp3) is 0.375. The van der Waals surface area contributed by atoms with Crippen molar-refractivity contribution in [2.75, 3.05) is 12.4 Å². The smallest absolute Gasteiger partial charge is 0.214 e. The molecule has 0 bridgehead atoms. The molecule has 1 aliphatic rings. The van der Waals surface area contributed by atoms with Gasteiger partial charge in [0.2, 0.25) is 10.0 Å². The number of aliphatic hydroxyl groups is 1. The van der Waals surface area contributed by atoms with Crippen LogP contribution in [0, 0.1) is 11.3 Å². The van der Waals surface area contributed by atoms with Gasteiger partial charge in [0, 0.05) is 17.2 Å². The van der Waals surface area contributed by atoms with E-state index in [2.05, 4.69) is 27.6 Å². The maximum atomic E-state index is 12.1. The van der Waals surface area contributed by atoms with Gasteiger partial charge < -0.3 is 9.84 Å². The van der Waals surface area contributed by atoms with Gasteiger partial charge in [-0.2, -0.15) is 5.26 Å². The third-order valence-electron chi connectivity index (χ3n) is 5.26. The molecule has 180 valence electrons. The largest absolute Gasteiger partial charge is 0.490 e. The summed E-state index contributed by atoms with van der Waals surface area (Å²) >= 11 is 1.40. The Labute approximate surface area is 204 Å². The predicted octanol–water partition coefficient (Wildman–Crippen LogP) is 3.90. The molecule has 0 aliphatic heterocycles. The average Bonchev–Trinajstić information content (AvgIpc) is 3.41. The molecule has 0 amide bonds. The SMILES string of the molecule is C=C(OC(C)C)/C(C#N)=C\C(=C/C)c1nnc(-c2cccc3c2CC[C@@H]3NS(=O)(=O)CCO)s1. The van der Waals surface area contributed by atoms with E-state index in [0.717, 1.165) is 22.3 Å². The first-order valence-corrected chi connectivity index (χ1v) is 13.4. The molecule has 8 nitrogen and oxygen atoms in total. The maximum absolute atomic E-state index is 12.1. The molecule has 1 atom stereocenters. The highest BCUT2D eigenvalue weighted by atomic mass is 32.2. The molecule has 0 saturated carbocycles. The van der Waals surface area contributed by atoms with Gasteiger partial charge in [-0.05, 0) is 50.8 Å². The Morgan fingerprint density at radius 2 is 2.21 bits per heavy atom. The normalized spacial score (nSPS) is 16.4. The number of ether oxygens (including phenoxy) is 1. The summed E-state index contributed by atoms with van der Waals surface area (Å²) in [5.74, 6) is -0.0192. The summed E-state index contributed by atoms with van der Waals surface area (Å²) in [7, 11) is -3.56. The van der Waals surface area contributed by atoms with Gasteiger partial charge in [0.05, 0.1) is 24.0 Å². The lowest BCUT2D eigenvalue weighted by atomic mass is 10.0. The molecule has 0 radical (unpaired) electrons. The molecule has 1 aliphatic carbocycles. The zero-order valence-corrected chi connectivity index (χ0v) is 21.0. The second-order valence-electron chi connectivity index (χ2n) is 8.04. The molecule has 10 heteroatoms. The van der Waals surface area contributed by atoms with E-state index in [4.69, 9.17) is 9.84 Å². The van der Waals surface area contributed by atoms with Crippen molar-refractivity contribution >= 4 is 26.9 Å². The molecular formula is C24H28N4O4S2. The average molecular weight is 501 g/mol. The second kappa shape index (κ2) is 11.1. The Morgan fingerprint density at radius 3 is 2.85 bits per heavy atom. The number of nitriles is 1. The fourth-order valence-corrected chi connectivity index (χ4v) is 5.75. The van der Waals surface area contributed by atoms with E-state index in [1.807, 2.05) is 45.0 Å². The molecule has 1 aromatic carbocycles. The molecule has 0 unspecified atom stereocenters. The summed E-state index contributed by atoms with van der Waals surface area (Å²) in [6, 6.07) is 7.54. The minimum Gasteiger partial charge on any atom is -0.490 e. The van der Waals surface area contributed by atoms with Crippen molar-refractivity contribution in [1.29, 1.82) is 5.26 Å². The third-order valence-corrected chi connectivity index (χ3v) is 7.63. The molecule has 3 rings (SSSR count). The van der Waals surface area contributed by atoms with Crippen molar-refractivity contribution in [1.82, 2.24) is 14.9 Å². The molecule has 2 aromatic rings. The minimum absolute atomic E-state index is 0.0939. The van der Waals surface area contributed by atoms with Gasteiger partial charge in [-0.3, -0.25) is 0 Å². The van der Waals surface area contributed by atoms with Crippen molar-refractivity contribution in [2.24, 2.45) is 0 Å². The van der Waals surface area contributed by atoms with Crippen LogP contribution in [0.2, 0.25) is 0 Å². The first-order valence-electron chi connectivity index (χ1n) is 10.9. The Hall–Kier alpha value is -2.84.